The molecule has 0 unspecified atom stereocenters. The Hall–Kier alpha value is -0.980. The first-order chi connectivity index (χ1) is 10.8. The van der Waals surface area contributed by atoms with Gasteiger partial charge >= 0.3 is 0 Å². The van der Waals surface area contributed by atoms with Crippen LogP contribution in [0.3, 0.4) is 0 Å². The zero-order chi connectivity index (χ0) is 14.9. The van der Waals surface area contributed by atoms with Crippen molar-refractivity contribution in [3.8, 4) is 0 Å². The van der Waals surface area contributed by atoms with Crippen LogP contribution in [0.1, 0.15) is 25.7 Å². The average Bonchev–Trinajstić information content (AvgIpc) is 3.17. The van der Waals surface area contributed by atoms with Crippen LogP contribution < -0.4 is 0 Å². The van der Waals surface area contributed by atoms with Crippen molar-refractivity contribution >= 4 is 0 Å². The van der Waals surface area contributed by atoms with Crippen LogP contribution in [0.15, 0.2) is 12.7 Å². The van der Waals surface area contributed by atoms with Gasteiger partial charge in [-0.05, 0) is 45.2 Å². The van der Waals surface area contributed by atoms with E-state index in [4.69, 9.17) is 4.74 Å². The Labute approximate surface area is 132 Å². The summed E-state index contributed by atoms with van der Waals surface area (Å²) in [6.07, 6.45) is 8.51. The van der Waals surface area contributed by atoms with Gasteiger partial charge in [-0.3, -0.25) is 14.5 Å². The summed E-state index contributed by atoms with van der Waals surface area (Å²) in [7, 11) is 2.30. The molecule has 0 bridgehead atoms. The number of piperidine rings is 1. The van der Waals surface area contributed by atoms with Crippen LogP contribution in [0.2, 0.25) is 0 Å². The number of aromatic nitrogens is 3. The fraction of sp³-hybridized carbons (Fsp3) is 0.875. The monoisotopic (exact) mass is 305 g/mol. The second-order valence-corrected chi connectivity index (χ2v) is 7.13. The molecule has 1 aromatic rings. The van der Waals surface area contributed by atoms with Gasteiger partial charge in [-0.25, -0.2) is 4.98 Å². The van der Waals surface area contributed by atoms with E-state index in [1.807, 2.05) is 11.0 Å². The summed E-state index contributed by atoms with van der Waals surface area (Å²) in [5, 5.41) is 4.27. The number of likely N-dealkylation sites (tertiary alicyclic amines) is 2. The number of ether oxygens (including phenoxy) is 1. The molecule has 0 spiro atoms. The lowest BCUT2D eigenvalue weighted by Crippen LogP contribution is -2.50. The molecule has 3 atom stereocenters. The van der Waals surface area contributed by atoms with Gasteiger partial charge in [-0.1, -0.05) is 0 Å². The van der Waals surface area contributed by atoms with Gasteiger partial charge in [-0.15, -0.1) is 0 Å². The van der Waals surface area contributed by atoms with Crippen molar-refractivity contribution in [2.45, 2.75) is 50.4 Å². The summed E-state index contributed by atoms with van der Waals surface area (Å²) in [6.45, 7) is 5.40. The van der Waals surface area contributed by atoms with E-state index in [1.165, 1.54) is 38.8 Å². The zero-order valence-electron chi connectivity index (χ0n) is 13.5. The Kier molecular flexibility index (Phi) is 4.15. The highest BCUT2D eigenvalue weighted by Crippen LogP contribution is 2.36. The first-order valence-electron chi connectivity index (χ1n) is 8.67. The maximum Gasteiger partial charge on any atom is 0.137 e. The van der Waals surface area contributed by atoms with Gasteiger partial charge in [0, 0.05) is 37.9 Å². The number of fused-ring (bicyclic) bond motifs is 1. The molecule has 122 valence electrons. The van der Waals surface area contributed by atoms with Gasteiger partial charge in [0.1, 0.15) is 12.7 Å². The van der Waals surface area contributed by atoms with Crippen LogP contribution in [0, 0.1) is 5.92 Å². The molecule has 4 heterocycles. The van der Waals surface area contributed by atoms with E-state index >= 15 is 0 Å². The van der Waals surface area contributed by atoms with Gasteiger partial charge in [0.2, 0.25) is 0 Å². The topological polar surface area (TPSA) is 46.4 Å². The maximum atomic E-state index is 5.52. The zero-order valence-corrected chi connectivity index (χ0v) is 13.5. The first-order valence-corrected chi connectivity index (χ1v) is 8.67. The lowest BCUT2D eigenvalue weighted by atomic mass is 9.90. The Bertz CT molecular complexity index is 473. The second-order valence-electron chi connectivity index (χ2n) is 7.13. The van der Waals surface area contributed by atoms with Crippen molar-refractivity contribution in [1.82, 2.24) is 24.6 Å². The maximum absolute atomic E-state index is 5.52. The molecule has 1 aromatic heterocycles. The first kappa shape index (κ1) is 14.6. The Balaban J connectivity index is 1.38. The second kappa shape index (κ2) is 6.26. The Morgan fingerprint density at radius 1 is 1.23 bits per heavy atom. The minimum Gasteiger partial charge on any atom is -0.381 e. The lowest BCUT2D eigenvalue weighted by molar-refractivity contribution is 0.00928. The molecule has 4 rings (SSSR count). The fourth-order valence-electron chi connectivity index (χ4n) is 4.73. The molecule has 0 N–H and O–H groups in total. The Morgan fingerprint density at radius 3 is 2.86 bits per heavy atom. The summed E-state index contributed by atoms with van der Waals surface area (Å²) in [5.41, 5.74) is 0. The summed E-state index contributed by atoms with van der Waals surface area (Å²) in [6, 6.07) is 2.12. The van der Waals surface area contributed by atoms with Gasteiger partial charge in [-0.2, -0.15) is 5.10 Å². The summed E-state index contributed by atoms with van der Waals surface area (Å²) < 4.78 is 7.50. The van der Waals surface area contributed by atoms with E-state index in [0.717, 1.165) is 37.8 Å². The van der Waals surface area contributed by atoms with Crippen molar-refractivity contribution < 1.29 is 4.74 Å². The van der Waals surface area contributed by atoms with Crippen molar-refractivity contribution in [2.75, 3.05) is 33.4 Å². The standard InChI is InChI=1S/C16H27N5O/c1-19-15(10-21-12-17-11-18-21)8-13-9-20(5-2-16(13)19)14-3-6-22-7-4-14/h11-16H,2-10H2,1H3/t13-,15+,16+/m1/s1. The number of rotatable bonds is 3. The minimum absolute atomic E-state index is 0.603. The van der Waals surface area contributed by atoms with Crippen LogP contribution in [-0.4, -0.2) is 76.0 Å². The van der Waals surface area contributed by atoms with Crippen LogP contribution in [0.5, 0.6) is 0 Å². The highest BCUT2D eigenvalue weighted by Gasteiger charge is 2.43. The van der Waals surface area contributed by atoms with Gasteiger partial charge in [0.15, 0.2) is 0 Å². The van der Waals surface area contributed by atoms with Gasteiger partial charge < -0.3 is 4.74 Å². The molecule has 0 radical (unpaired) electrons. The molecule has 3 aliphatic rings. The number of hydrogen-bond acceptors (Lipinski definition) is 5. The molecule has 22 heavy (non-hydrogen) atoms. The predicted molar refractivity (Wildman–Crippen MR) is 83.5 cm³/mol. The van der Waals surface area contributed by atoms with Crippen molar-refractivity contribution in [2.24, 2.45) is 5.92 Å². The molecule has 0 saturated carbocycles. The molecule has 3 aliphatic heterocycles. The summed E-state index contributed by atoms with van der Waals surface area (Å²) in [5.74, 6) is 0.815. The van der Waals surface area contributed by atoms with Crippen molar-refractivity contribution in [3.63, 3.8) is 0 Å². The Morgan fingerprint density at radius 2 is 2.09 bits per heavy atom. The SMILES string of the molecule is CN1[C@H](Cn2cncn2)C[C@@H]2CN(C3CCOCC3)CC[C@@H]21. The molecule has 6 heteroatoms. The van der Waals surface area contributed by atoms with Gasteiger partial charge in [0.05, 0.1) is 6.54 Å². The molecule has 6 nitrogen and oxygen atoms in total. The van der Waals surface area contributed by atoms with E-state index < -0.39 is 0 Å². The van der Waals surface area contributed by atoms with Crippen LogP contribution in [-0.2, 0) is 11.3 Å². The predicted octanol–water partition coefficient (Wildman–Crippen LogP) is 0.852. The molecule has 0 amide bonds. The molecular weight excluding hydrogens is 278 g/mol. The van der Waals surface area contributed by atoms with Crippen molar-refractivity contribution in [1.29, 1.82) is 0 Å². The average molecular weight is 305 g/mol. The van der Waals surface area contributed by atoms with Gasteiger partial charge in [0.25, 0.3) is 0 Å². The van der Waals surface area contributed by atoms with Crippen LogP contribution in [0.25, 0.3) is 0 Å². The lowest BCUT2D eigenvalue weighted by Gasteiger charge is -2.42. The third-order valence-electron chi connectivity index (χ3n) is 5.97. The highest BCUT2D eigenvalue weighted by atomic mass is 16.5. The minimum atomic E-state index is 0.603. The number of nitrogens with zero attached hydrogens (tertiary/aromatic N) is 5. The third-order valence-corrected chi connectivity index (χ3v) is 5.97. The third kappa shape index (κ3) is 2.79. The van der Waals surface area contributed by atoms with E-state index in [1.54, 1.807) is 6.33 Å². The smallest absolute Gasteiger partial charge is 0.137 e. The number of hydrogen-bond donors (Lipinski definition) is 0. The van der Waals surface area contributed by atoms with Crippen LogP contribution in [0.4, 0.5) is 0 Å². The fourth-order valence-corrected chi connectivity index (χ4v) is 4.73. The summed E-state index contributed by atoms with van der Waals surface area (Å²) in [4.78, 5) is 9.42. The molecular formula is C16H27N5O. The van der Waals surface area contributed by atoms with E-state index in [2.05, 4.69) is 26.9 Å². The number of likely N-dealkylation sites (N-methyl/N-ethyl adjacent to an activating group) is 1. The quantitative estimate of drug-likeness (QED) is 0.828. The summed E-state index contributed by atoms with van der Waals surface area (Å²) >= 11 is 0. The normalized spacial score (nSPS) is 34.9. The molecule has 3 fully saturated rings. The van der Waals surface area contributed by atoms with Crippen molar-refractivity contribution in [3.05, 3.63) is 12.7 Å². The largest absolute Gasteiger partial charge is 0.381 e. The van der Waals surface area contributed by atoms with E-state index in [-0.39, 0.29) is 0 Å². The van der Waals surface area contributed by atoms with E-state index in [9.17, 15) is 0 Å². The molecule has 0 aromatic carbocycles. The molecule has 3 saturated heterocycles. The van der Waals surface area contributed by atoms with E-state index in [0.29, 0.717) is 6.04 Å². The van der Waals surface area contributed by atoms with Crippen LogP contribution >= 0.6 is 0 Å². The highest BCUT2D eigenvalue weighted by molar-refractivity contribution is 4.97. The molecule has 0 aliphatic carbocycles.